The van der Waals surface area contributed by atoms with Gasteiger partial charge in [0.05, 0.1) is 12.3 Å². The molecule has 134 valence electrons. The number of amides is 1. The van der Waals surface area contributed by atoms with E-state index in [-0.39, 0.29) is 6.09 Å². The topological polar surface area (TPSA) is 67.8 Å². The summed E-state index contributed by atoms with van der Waals surface area (Å²) in [6.07, 6.45) is 2.20. The monoisotopic (exact) mass is 336 g/mol. The molecule has 0 N–H and O–H groups in total. The molecule has 1 fully saturated rings. The third-order valence-electron chi connectivity index (χ3n) is 3.63. The van der Waals surface area contributed by atoms with Crippen molar-refractivity contribution in [2.45, 2.75) is 46.3 Å². The van der Waals surface area contributed by atoms with Crippen molar-refractivity contribution in [1.29, 1.82) is 0 Å². The van der Waals surface area contributed by atoms with Crippen molar-refractivity contribution >= 4 is 11.9 Å². The van der Waals surface area contributed by atoms with Crippen molar-refractivity contribution in [2.24, 2.45) is 0 Å². The molecule has 0 spiro atoms. The molecule has 1 amide bonds. The molecule has 0 saturated carbocycles. The van der Waals surface area contributed by atoms with Crippen molar-refractivity contribution in [3.63, 3.8) is 0 Å². The smallest absolute Gasteiger partial charge is 0.410 e. The van der Waals surface area contributed by atoms with Crippen LogP contribution in [0.15, 0.2) is 12.4 Å². The standard InChI is InChI=1S/C17H28N4O3/c1-5-23-12-14-11-15(19-13-18-14)20-7-6-8-21(10-9-20)16(22)24-17(2,3)4/h11,13H,5-10,12H2,1-4H3. The molecule has 0 unspecified atom stereocenters. The number of hydrogen-bond acceptors (Lipinski definition) is 6. The summed E-state index contributed by atoms with van der Waals surface area (Å²) in [5.74, 6) is 0.880. The molecule has 7 nitrogen and oxygen atoms in total. The van der Waals surface area contributed by atoms with E-state index in [0.717, 1.165) is 31.0 Å². The number of hydrogen-bond donors (Lipinski definition) is 0. The van der Waals surface area contributed by atoms with Gasteiger partial charge in [0, 0.05) is 38.9 Å². The van der Waals surface area contributed by atoms with Crippen LogP contribution < -0.4 is 4.90 Å². The minimum absolute atomic E-state index is 0.246. The highest BCUT2D eigenvalue weighted by Gasteiger charge is 2.24. The molecule has 1 aliphatic heterocycles. The first-order valence-electron chi connectivity index (χ1n) is 8.50. The minimum atomic E-state index is -0.468. The Kier molecular flexibility index (Phi) is 6.36. The zero-order valence-corrected chi connectivity index (χ0v) is 15.1. The molecule has 1 aromatic heterocycles. The van der Waals surface area contributed by atoms with Gasteiger partial charge in [0.25, 0.3) is 0 Å². The Morgan fingerprint density at radius 1 is 1.21 bits per heavy atom. The molecule has 24 heavy (non-hydrogen) atoms. The summed E-state index contributed by atoms with van der Waals surface area (Å²) in [5.41, 5.74) is 0.402. The average Bonchev–Trinajstić information content (AvgIpc) is 2.78. The largest absolute Gasteiger partial charge is 0.444 e. The summed E-state index contributed by atoms with van der Waals surface area (Å²) in [6, 6.07) is 1.96. The summed E-state index contributed by atoms with van der Waals surface area (Å²) in [5, 5.41) is 0. The number of anilines is 1. The van der Waals surface area contributed by atoms with Crippen LogP contribution in [-0.2, 0) is 16.1 Å². The lowest BCUT2D eigenvalue weighted by atomic mass is 10.2. The number of carbonyl (C=O) groups is 1. The first-order valence-corrected chi connectivity index (χ1v) is 8.50. The number of ether oxygens (including phenoxy) is 2. The molecule has 2 rings (SSSR count). The van der Waals surface area contributed by atoms with Crippen LogP contribution in [0.1, 0.15) is 39.8 Å². The van der Waals surface area contributed by atoms with Gasteiger partial charge in [-0.1, -0.05) is 0 Å². The van der Waals surface area contributed by atoms with E-state index in [0.29, 0.717) is 26.3 Å². The van der Waals surface area contributed by atoms with Crippen molar-refractivity contribution < 1.29 is 14.3 Å². The van der Waals surface area contributed by atoms with Gasteiger partial charge >= 0.3 is 6.09 Å². The highest BCUT2D eigenvalue weighted by atomic mass is 16.6. The lowest BCUT2D eigenvalue weighted by molar-refractivity contribution is 0.0263. The Morgan fingerprint density at radius 2 is 2.00 bits per heavy atom. The SMILES string of the molecule is CCOCc1cc(N2CCCN(C(=O)OC(C)(C)C)CC2)ncn1. The summed E-state index contributed by atoms with van der Waals surface area (Å²) in [6.45, 7) is 11.7. The summed E-state index contributed by atoms with van der Waals surface area (Å²) >= 11 is 0. The van der Waals surface area contributed by atoms with Crippen LogP contribution >= 0.6 is 0 Å². The van der Waals surface area contributed by atoms with Crippen molar-refractivity contribution in [1.82, 2.24) is 14.9 Å². The van der Waals surface area contributed by atoms with E-state index in [9.17, 15) is 4.79 Å². The highest BCUT2D eigenvalue weighted by Crippen LogP contribution is 2.16. The van der Waals surface area contributed by atoms with Gasteiger partial charge < -0.3 is 19.3 Å². The number of carbonyl (C=O) groups excluding carboxylic acids is 1. The van der Waals surface area contributed by atoms with E-state index < -0.39 is 5.60 Å². The quantitative estimate of drug-likeness (QED) is 0.841. The number of aromatic nitrogens is 2. The lowest BCUT2D eigenvalue weighted by Crippen LogP contribution is -2.39. The predicted octanol–water partition coefficient (Wildman–Crippen LogP) is 2.46. The molecule has 1 aliphatic rings. The van der Waals surface area contributed by atoms with Gasteiger partial charge in [-0.05, 0) is 34.1 Å². The Labute approximate surface area is 144 Å². The molecule has 0 aliphatic carbocycles. The van der Waals surface area contributed by atoms with E-state index in [1.54, 1.807) is 11.2 Å². The molecule has 1 saturated heterocycles. The first kappa shape index (κ1) is 18.4. The molecule has 2 heterocycles. The van der Waals surface area contributed by atoms with Crippen LogP contribution in [0.5, 0.6) is 0 Å². The summed E-state index contributed by atoms with van der Waals surface area (Å²) in [4.78, 5) is 24.8. The second-order valence-electron chi connectivity index (χ2n) is 6.81. The number of rotatable bonds is 4. The Morgan fingerprint density at radius 3 is 2.71 bits per heavy atom. The van der Waals surface area contributed by atoms with Gasteiger partial charge in [-0.25, -0.2) is 14.8 Å². The zero-order valence-electron chi connectivity index (χ0n) is 15.1. The maximum atomic E-state index is 12.2. The minimum Gasteiger partial charge on any atom is -0.444 e. The normalized spacial score (nSPS) is 16.0. The first-order chi connectivity index (χ1) is 11.4. The van der Waals surface area contributed by atoms with Crippen LogP contribution in [0.25, 0.3) is 0 Å². The molecular formula is C17H28N4O3. The summed E-state index contributed by atoms with van der Waals surface area (Å²) < 4.78 is 10.9. The zero-order chi connectivity index (χ0) is 17.6. The fourth-order valence-corrected chi connectivity index (χ4v) is 2.50. The van der Waals surface area contributed by atoms with Crippen LogP contribution in [-0.4, -0.2) is 59.3 Å². The van der Waals surface area contributed by atoms with E-state index >= 15 is 0 Å². The Bertz CT molecular complexity index is 545. The van der Waals surface area contributed by atoms with Crippen LogP contribution in [0.2, 0.25) is 0 Å². The average molecular weight is 336 g/mol. The van der Waals surface area contributed by atoms with Crippen molar-refractivity contribution in [3.8, 4) is 0 Å². The Balaban J connectivity index is 1.96. The fourth-order valence-electron chi connectivity index (χ4n) is 2.50. The van der Waals surface area contributed by atoms with Gasteiger partial charge in [0.1, 0.15) is 17.7 Å². The molecular weight excluding hydrogens is 308 g/mol. The van der Waals surface area contributed by atoms with E-state index in [4.69, 9.17) is 9.47 Å². The molecule has 0 aromatic carbocycles. The molecule has 0 atom stereocenters. The maximum Gasteiger partial charge on any atom is 0.410 e. The van der Waals surface area contributed by atoms with Crippen LogP contribution in [0.4, 0.5) is 10.6 Å². The third kappa shape index (κ3) is 5.63. The van der Waals surface area contributed by atoms with Crippen molar-refractivity contribution in [2.75, 3.05) is 37.7 Å². The van der Waals surface area contributed by atoms with Crippen LogP contribution in [0, 0.1) is 0 Å². The van der Waals surface area contributed by atoms with Crippen LogP contribution in [0.3, 0.4) is 0 Å². The maximum absolute atomic E-state index is 12.2. The van der Waals surface area contributed by atoms with E-state index in [1.807, 2.05) is 33.8 Å². The fraction of sp³-hybridized carbons (Fsp3) is 0.706. The molecule has 0 radical (unpaired) electrons. The summed E-state index contributed by atoms with van der Waals surface area (Å²) in [7, 11) is 0. The highest BCUT2D eigenvalue weighted by molar-refractivity contribution is 5.68. The molecule has 7 heteroatoms. The predicted molar refractivity (Wildman–Crippen MR) is 92.0 cm³/mol. The lowest BCUT2D eigenvalue weighted by Gasteiger charge is -2.26. The second kappa shape index (κ2) is 8.28. The second-order valence-corrected chi connectivity index (χ2v) is 6.81. The molecule has 0 bridgehead atoms. The third-order valence-corrected chi connectivity index (χ3v) is 3.63. The van der Waals surface area contributed by atoms with Crippen molar-refractivity contribution in [3.05, 3.63) is 18.1 Å². The van der Waals surface area contributed by atoms with Gasteiger partial charge in [-0.3, -0.25) is 0 Å². The van der Waals surface area contributed by atoms with Gasteiger partial charge in [-0.15, -0.1) is 0 Å². The van der Waals surface area contributed by atoms with Gasteiger partial charge in [0.15, 0.2) is 0 Å². The molecule has 1 aromatic rings. The number of nitrogens with zero attached hydrogens (tertiary/aromatic N) is 4. The van der Waals surface area contributed by atoms with E-state index in [1.165, 1.54) is 0 Å². The Hall–Kier alpha value is -1.89. The van der Waals surface area contributed by atoms with Gasteiger partial charge in [0.2, 0.25) is 0 Å². The van der Waals surface area contributed by atoms with E-state index in [2.05, 4.69) is 14.9 Å². The van der Waals surface area contributed by atoms with Gasteiger partial charge in [-0.2, -0.15) is 0 Å².